The van der Waals surface area contributed by atoms with Gasteiger partial charge in [-0.3, -0.25) is 19.2 Å². The van der Waals surface area contributed by atoms with E-state index in [2.05, 4.69) is 26.6 Å². The molecule has 0 radical (unpaired) electrons. The van der Waals surface area contributed by atoms with E-state index in [0.717, 1.165) is 20.8 Å². The molecule has 0 saturated heterocycles. The number of Topliss-reactive ketones (excluding diaryl/α,β-unsaturated/α-hetero) is 1. The second-order valence-electron chi connectivity index (χ2n) is 10.6. The third-order valence-corrected chi connectivity index (χ3v) is 8.38. The molecule has 1 aliphatic rings. The lowest BCUT2D eigenvalue weighted by atomic mass is 10.0. The van der Waals surface area contributed by atoms with Gasteiger partial charge in [-0.1, -0.05) is 52.3 Å². The highest BCUT2D eigenvalue weighted by Crippen LogP contribution is 2.38. The summed E-state index contributed by atoms with van der Waals surface area (Å²) in [6.45, 7) is 3.14. The molecule has 2 N–H and O–H groups in total. The van der Waals surface area contributed by atoms with E-state index in [1.54, 1.807) is 74.5 Å². The first-order valence-corrected chi connectivity index (χ1v) is 15.0. The van der Waals surface area contributed by atoms with Crippen molar-refractivity contribution in [2.45, 2.75) is 32.5 Å². The van der Waals surface area contributed by atoms with Crippen LogP contribution in [-0.2, 0) is 16.1 Å². The van der Waals surface area contributed by atoms with E-state index >= 15 is 0 Å². The van der Waals surface area contributed by atoms with E-state index in [-0.39, 0.29) is 43.1 Å². The Balaban J connectivity index is 0.00000461. The van der Waals surface area contributed by atoms with Crippen molar-refractivity contribution in [3.05, 3.63) is 100 Å². The predicted octanol–water partition coefficient (Wildman–Crippen LogP) is 5.52. The minimum absolute atomic E-state index is 0. The van der Waals surface area contributed by atoms with Gasteiger partial charge in [-0.05, 0) is 74.1 Å². The lowest BCUT2D eigenvalue weighted by Gasteiger charge is -2.27. The smallest absolute Gasteiger partial charge is 0.258 e. The molecule has 1 aliphatic heterocycles. The number of ketones is 1. The number of carbonyl (C=O) groups is 4. The van der Waals surface area contributed by atoms with Crippen LogP contribution in [0.15, 0.2) is 83.3 Å². The summed E-state index contributed by atoms with van der Waals surface area (Å²) in [6.07, 6.45) is 0. The van der Waals surface area contributed by atoms with E-state index in [4.69, 9.17) is 4.74 Å². The van der Waals surface area contributed by atoms with Crippen molar-refractivity contribution in [1.29, 1.82) is 0 Å². The number of benzene rings is 4. The molecule has 2 atom stereocenters. The van der Waals surface area contributed by atoms with Crippen LogP contribution in [0.3, 0.4) is 0 Å². The Hall–Kier alpha value is -4.25. The number of amides is 3. The standard InChI is InChI=1S/C34H33BrN4O5.ClH/c1-20(36-3)32(41)37-28-19-39(33(42)24-9-7-8-22(16-24)21(2)40)30-11-6-5-10-29(30)38(34(28)43)18-27-26-14-13-25(35)17-23(26)12-15-31(27)44-4;/h5-17,20,28,36H,18-19H2,1-4H3,(H,37,41);1H/t20-,28-;/m0./s1. The second-order valence-corrected chi connectivity index (χ2v) is 11.6. The highest BCUT2D eigenvalue weighted by atomic mass is 79.9. The number of anilines is 2. The van der Waals surface area contributed by atoms with Crippen LogP contribution in [0.25, 0.3) is 10.8 Å². The zero-order valence-electron chi connectivity index (χ0n) is 25.3. The molecule has 4 aromatic carbocycles. The average Bonchev–Trinajstić information content (AvgIpc) is 3.14. The summed E-state index contributed by atoms with van der Waals surface area (Å²) < 4.78 is 6.66. The summed E-state index contributed by atoms with van der Waals surface area (Å²) in [5, 5.41) is 7.63. The molecule has 0 saturated carbocycles. The molecule has 1 heterocycles. The first-order valence-electron chi connectivity index (χ1n) is 14.2. The van der Waals surface area contributed by atoms with Gasteiger partial charge in [-0.2, -0.15) is 0 Å². The summed E-state index contributed by atoms with van der Waals surface area (Å²) in [7, 11) is 3.24. The summed E-state index contributed by atoms with van der Waals surface area (Å²) in [5.41, 5.74) is 2.48. The summed E-state index contributed by atoms with van der Waals surface area (Å²) in [4.78, 5) is 56.9. The molecule has 0 unspecified atom stereocenters. The first kappa shape index (κ1) is 33.6. The van der Waals surface area contributed by atoms with Crippen molar-refractivity contribution in [2.75, 3.05) is 30.5 Å². The number of para-hydroxylation sites is 2. The second kappa shape index (κ2) is 14.2. The number of methoxy groups -OCH3 is 1. The number of likely N-dealkylation sites (N-methyl/N-ethyl adjacent to an activating group) is 1. The molecule has 0 spiro atoms. The van der Waals surface area contributed by atoms with Crippen LogP contribution in [0.2, 0.25) is 0 Å². The van der Waals surface area contributed by atoms with Gasteiger partial charge < -0.3 is 25.2 Å². The van der Waals surface area contributed by atoms with Gasteiger partial charge in [0, 0.05) is 21.2 Å². The summed E-state index contributed by atoms with van der Waals surface area (Å²) in [6, 6.07) is 21.7. The normalized spacial score (nSPS) is 15.0. The molecular formula is C34H34BrClN4O5. The summed E-state index contributed by atoms with van der Waals surface area (Å²) >= 11 is 3.54. The number of ether oxygens (including phenoxy) is 1. The Morgan fingerprint density at radius 3 is 2.38 bits per heavy atom. The number of hydrogen-bond donors (Lipinski definition) is 2. The van der Waals surface area contributed by atoms with Crippen molar-refractivity contribution >= 4 is 74.0 Å². The molecule has 9 nitrogen and oxygen atoms in total. The molecule has 3 amide bonds. The number of hydrogen-bond acceptors (Lipinski definition) is 6. The van der Waals surface area contributed by atoms with E-state index in [9.17, 15) is 19.2 Å². The maximum atomic E-state index is 14.5. The van der Waals surface area contributed by atoms with Gasteiger partial charge in [-0.25, -0.2) is 0 Å². The Labute approximate surface area is 276 Å². The van der Waals surface area contributed by atoms with Gasteiger partial charge >= 0.3 is 0 Å². The first-order chi connectivity index (χ1) is 21.1. The van der Waals surface area contributed by atoms with Crippen LogP contribution in [0.4, 0.5) is 11.4 Å². The van der Waals surface area contributed by atoms with Gasteiger partial charge in [0.2, 0.25) is 5.91 Å². The number of nitrogens with one attached hydrogen (secondary N) is 2. The Kier molecular flexibility index (Phi) is 10.6. The van der Waals surface area contributed by atoms with Crippen LogP contribution in [-0.4, -0.2) is 56.3 Å². The lowest BCUT2D eigenvalue weighted by Crippen LogP contribution is -2.55. The maximum absolute atomic E-state index is 14.5. The maximum Gasteiger partial charge on any atom is 0.258 e. The zero-order chi connectivity index (χ0) is 31.5. The fourth-order valence-corrected chi connectivity index (χ4v) is 5.74. The van der Waals surface area contributed by atoms with Crippen LogP contribution >= 0.6 is 28.3 Å². The Bertz CT molecular complexity index is 1780. The highest BCUT2D eigenvalue weighted by molar-refractivity contribution is 9.10. The highest BCUT2D eigenvalue weighted by Gasteiger charge is 2.38. The number of fused-ring (bicyclic) bond motifs is 2. The molecule has 234 valence electrons. The van der Waals surface area contributed by atoms with Crippen LogP contribution < -0.4 is 25.2 Å². The largest absolute Gasteiger partial charge is 0.496 e. The van der Waals surface area contributed by atoms with Gasteiger partial charge in [0.05, 0.1) is 37.6 Å². The van der Waals surface area contributed by atoms with Gasteiger partial charge in [-0.15, -0.1) is 12.4 Å². The minimum Gasteiger partial charge on any atom is -0.496 e. The molecule has 4 aromatic rings. The topological polar surface area (TPSA) is 108 Å². The van der Waals surface area contributed by atoms with Crippen LogP contribution in [0.5, 0.6) is 5.75 Å². The van der Waals surface area contributed by atoms with Gasteiger partial charge in [0.1, 0.15) is 11.8 Å². The molecule has 0 aromatic heterocycles. The van der Waals surface area contributed by atoms with Crippen molar-refractivity contribution in [2.24, 2.45) is 0 Å². The number of nitrogens with zero attached hydrogens (tertiary/aromatic N) is 2. The van der Waals surface area contributed by atoms with E-state index in [1.165, 1.54) is 11.8 Å². The fourth-order valence-electron chi connectivity index (χ4n) is 5.36. The van der Waals surface area contributed by atoms with Crippen LogP contribution in [0.1, 0.15) is 40.1 Å². The van der Waals surface area contributed by atoms with Gasteiger partial charge in [0.15, 0.2) is 5.78 Å². The fraction of sp³-hybridized carbons (Fsp3) is 0.235. The molecular weight excluding hydrogens is 660 g/mol. The number of halogens is 2. The van der Waals surface area contributed by atoms with E-state index < -0.39 is 18.0 Å². The van der Waals surface area contributed by atoms with Crippen molar-refractivity contribution < 1.29 is 23.9 Å². The minimum atomic E-state index is -1.07. The van der Waals surface area contributed by atoms with Crippen LogP contribution in [0, 0.1) is 0 Å². The van der Waals surface area contributed by atoms with Crippen molar-refractivity contribution in [3.63, 3.8) is 0 Å². The third-order valence-electron chi connectivity index (χ3n) is 7.88. The summed E-state index contributed by atoms with van der Waals surface area (Å²) in [5.74, 6) is -0.718. The molecule has 0 fully saturated rings. The van der Waals surface area contributed by atoms with Crippen molar-refractivity contribution in [1.82, 2.24) is 10.6 Å². The van der Waals surface area contributed by atoms with E-state index in [1.807, 2.05) is 30.3 Å². The van der Waals surface area contributed by atoms with Gasteiger partial charge in [0.25, 0.3) is 11.8 Å². The molecule has 5 rings (SSSR count). The number of rotatable bonds is 8. The molecule has 0 aliphatic carbocycles. The predicted molar refractivity (Wildman–Crippen MR) is 182 cm³/mol. The average molecular weight is 694 g/mol. The molecule has 11 heteroatoms. The zero-order valence-corrected chi connectivity index (χ0v) is 27.7. The SMILES string of the molecule is CN[C@@H](C)C(=O)N[C@H]1CN(C(=O)c2cccc(C(C)=O)c2)c2ccccc2N(Cc2c(OC)ccc3cc(Br)ccc23)C1=O.Cl. The monoisotopic (exact) mass is 692 g/mol. The molecule has 45 heavy (non-hydrogen) atoms. The third kappa shape index (κ3) is 6.88. The molecule has 0 bridgehead atoms. The van der Waals surface area contributed by atoms with E-state index in [0.29, 0.717) is 28.3 Å². The quantitative estimate of drug-likeness (QED) is 0.236. The van der Waals surface area contributed by atoms with Crippen molar-refractivity contribution in [3.8, 4) is 5.75 Å². The lowest BCUT2D eigenvalue weighted by molar-refractivity contribution is -0.128. The Morgan fingerprint density at radius 1 is 0.978 bits per heavy atom. The number of carbonyl (C=O) groups excluding carboxylic acids is 4. The Morgan fingerprint density at radius 2 is 1.69 bits per heavy atom.